The number of allylic oxidation sites excluding steroid dienone is 3. The molecule has 0 radical (unpaired) electrons. The second kappa shape index (κ2) is 4.46. The molecule has 0 heterocycles. The Bertz CT molecular complexity index is 201. The Labute approximate surface area is 75.3 Å². The molecule has 1 nitrogen and oxygen atoms in total. The normalized spacial score (nSPS) is 25.4. The van der Waals surface area contributed by atoms with Crippen molar-refractivity contribution >= 4 is 0 Å². The Morgan fingerprint density at radius 2 is 2.25 bits per heavy atom. The van der Waals surface area contributed by atoms with Crippen molar-refractivity contribution in [2.75, 3.05) is 6.54 Å². The van der Waals surface area contributed by atoms with Gasteiger partial charge in [-0.1, -0.05) is 23.3 Å². The maximum absolute atomic E-state index is 5.64. The Kier molecular flexibility index (Phi) is 3.54. The molecule has 0 fully saturated rings. The first-order chi connectivity index (χ1) is 5.74. The maximum Gasteiger partial charge on any atom is -0.00141 e. The highest BCUT2D eigenvalue weighted by atomic mass is 14.5. The van der Waals surface area contributed by atoms with E-state index in [4.69, 9.17) is 5.73 Å². The summed E-state index contributed by atoms with van der Waals surface area (Å²) >= 11 is 0. The highest BCUT2D eigenvalue weighted by Crippen LogP contribution is 2.20. The van der Waals surface area contributed by atoms with Crippen molar-refractivity contribution in [3.05, 3.63) is 23.3 Å². The summed E-state index contributed by atoms with van der Waals surface area (Å²) < 4.78 is 0. The third kappa shape index (κ3) is 2.49. The van der Waals surface area contributed by atoms with Crippen molar-refractivity contribution in [3.8, 4) is 0 Å². The molecule has 12 heavy (non-hydrogen) atoms. The molecule has 0 aromatic rings. The van der Waals surface area contributed by atoms with Crippen LogP contribution in [0.1, 0.15) is 33.1 Å². The van der Waals surface area contributed by atoms with Crippen molar-refractivity contribution in [2.24, 2.45) is 11.7 Å². The fraction of sp³-hybridized carbons (Fsp3) is 0.636. The van der Waals surface area contributed by atoms with E-state index < -0.39 is 0 Å². The third-order valence-electron chi connectivity index (χ3n) is 2.72. The molecule has 2 N–H and O–H groups in total. The van der Waals surface area contributed by atoms with Crippen LogP contribution in [0.25, 0.3) is 0 Å². The van der Waals surface area contributed by atoms with Crippen molar-refractivity contribution in [1.29, 1.82) is 0 Å². The van der Waals surface area contributed by atoms with Gasteiger partial charge in [-0.15, -0.1) is 0 Å². The molecule has 0 aromatic carbocycles. The first-order valence-electron chi connectivity index (χ1n) is 4.78. The lowest BCUT2D eigenvalue weighted by molar-refractivity contribution is 0.564. The number of rotatable bonds is 1. The molecular weight excluding hydrogens is 146 g/mol. The van der Waals surface area contributed by atoms with Crippen LogP contribution in [-0.2, 0) is 0 Å². The SMILES string of the molecule is CC1=C(C)CCCC(CN)C=C1. The molecule has 0 amide bonds. The van der Waals surface area contributed by atoms with E-state index in [2.05, 4.69) is 26.0 Å². The van der Waals surface area contributed by atoms with Crippen LogP contribution in [0.4, 0.5) is 0 Å². The van der Waals surface area contributed by atoms with Crippen molar-refractivity contribution in [2.45, 2.75) is 33.1 Å². The van der Waals surface area contributed by atoms with Crippen LogP contribution >= 0.6 is 0 Å². The zero-order chi connectivity index (χ0) is 8.97. The third-order valence-corrected chi connectivity index (χ3v) is 2.72. The van der Waals surface area contributed by atoms with Gasteiger partial charge in [0.2, 0.25) is 0 Å². The Hall–Kier alpha value is -0.560. The molecule has 0 saturated heterocycles. The van der Waals surface area contributed by atoms with Crippen LogP contribution < -0.4 is 5.73 Å². The molecule has 0 saturated carbocycles. The molecule has 0 spiro atoms. The van der Waals surface area contributed by atoms with Crippen molar-refractivity contribution in [1.82, 2.24) is 0 Å². The quantitative estimate of drug-likeness (QED) is 0.635. The molecule has 0 aromatic heterocycles. The fourth-order valence-corrected chi connectivity index (χ4v) is 1.54. The average Bonchev–Trinajstić information content (AvgIpc) is 2.07. The van der Waals surface area contributed by atoms with Crippen LogP contribution in [0.15, 0.2) is 23.3 Å². The van der Waals surface area contributed by atoms with Crippen LogP contribution in [-0.4, -0.2) is 6.54 Å². The summed E-state index contributed by atoms with van der Waals surface area (Å²) in [6, 6.07) is 0. The van der Waals surface area contributed by atoms with E-state index in [1.54, 1.807) is 0 Å². The van der Waals surface area contributed by atoms with Crippen LogP contribution in [0.3, 0.4) is 0 Å². The number of hydrogen-bond donors (Lipinski definition) is 1. The van der Waals surface area contributed by atoms with Gasteiger partial charge in [-0.25, -0.2) is 0 Å². The van der Waals surface area contributed by atoms with E-state index in [0.717, 1.165) is 6.54 Å². The minimum atomic E-state index is 0.605. The highest BCUT2D eigenvalue weighted by molar-refractivity contribution is 5.23. The maximum atomic E-state index is 5.64. The molecule has 0 aliphatic heterocycles. The van der Waals surface area contributed by atoms with E-state index >= 15 is 0 Å². The van der Waals surface area contributed by atoms with E-state index in [9.17, 15) is 0 Å². The van der Waals surface area contributed by atoms with Gasteiger partial charge in [0.05, 0.1) is 0 Å². The summed E-state index contributed by atoms with van der Waals surface area (Å²) in [5, 5.41) is 0. The largest absolute Gasteiger partial charge is 0.330 e. The molecule has 1 rings (SSSR count). The van der Waals surface area contributed by atoms with Crippen LogP contribution in [0.5, 0.6) is 0 Å². The summed E-state index contributed by atoms with van der Waals surface area (Å²) in [5.41, 5.74) is 8.59. The summed E-state index contributed by atoms with van der Waals surface area (Å²) in [4.78, 5) is 0. The number of hydrogen-bond acceptors (Lipinski definition) is 1. The molecule has 1 heteroatoms. The molecule has 68 valence electrons. The topological polar surface area (TPSA) is 26.0 Å². The molecule has 1 aliphatic rings. The minimum Gasteiger partial charge on any atom is -0.330 e. The Morgan fingerprint density at radius 1 is 1.50 bits per heavy atom. The summed E-state index contributed by atoms with van der Waals surface area (Å²) in [6.45, 7) is 5.20. The van der Waals surface area contributed by atoms with Crippen molar-refractivity contribution in [3.63, 3.8) is 0 Å². The highest BCUT2D eigenvalue weighted by Gasteiger charge is 2.05. The predicted octanol–water partition coefficient (Wildman–Crippen LogP) is 2.64. The van der Waals surface area contributed by atoms with Gasteiger partial charge in [0.1, 0.15) is 0 Å². The smallest absolute Gasteiger partial charge is 0.00141 e. The first-order valence-corrected chi connectivity index (χ1v) is 4.78. The van der Waals surface area contributed by atoms with E-state index in [1.165, 1.54) is 30.4 Å². The monoisotopic (exact) mass is 165 g/mol. The van der Waals surface area contributed by atoms with E-state index in [1.807, 2.05) is 0 Å². The zero-order valence-corrected chi connectivity index (χ0v) is 8.14. The van der Waals surface area contributed by atoms with E-state index in [-0.39, 0.29) is 0 Å². The standard InChI is InChI=1S/C11H19N/c1-9-4-3-5-11(8-12)7-6-10(9)2/h6-7,11H,3-5,8,12H2,1-2H3. The first kappa shape index (κ1) is 9.53. The predicted molar refractivity (Wildman–Crippen MR) is 53.9 cm³/mol. The van der Waals surface area contributed by atoms with Gasteiger partial charge in [0.15, 0.2) is 0 Å². The lowest BCUT2D eigenvalue weighted by Crippen LogP contribution is -2.12. The van der Waals surface area contributed by atoms with Gasteiger partial charge >= 0.3 is 0 Å². The molecule has 1 atom stereocenters. The van der Waals surface area contributed by atoms with Gasteiger partial charge < -0.3 is 5.73 Å². The Balaban J connectivity index is 2.69. The summed E-state index contributed by atoms with van der Waals surface area (Å²) in [6.07, 6.45) is 8.27. The average molecular weight is 165 g/mol. The summed E-state index contributed by atoms with van der Waals surface area (Å²) in [5.74, 6) is 0.605. The summed E-state index contributed by atoms with van der Waals surface area (Å²) in [7, 11) is 0. The van der Waals surface area contributed by atoms with Gasteiger partial charge in [-0.2, -0.15) is 0 Å². The number of nitrogens with two attached hydrogens (primary N) is 1. The minimum absolute atomic E-state index is 0.605. The van der Waals surface area contributed by atoms with E-state index in [0.29, 0.717) is 5.92 Å². The molecule has 1 aliphatic carbocycles. The van der Waals surface area contributed by atoms with Gasteiger partial charge in [0, 0.05) is 0 Å². The second-order valence-corrected chi connectivity index (χ2v) is 3.71. The van der Waals surface area contributed by atoms with Crippen molar-refractivity contribution < 1.29 is 0 Å². The van der Waals surface area contributed by atoms with Gasteiger partial charge in [-0.05, 0) is 45.6 Å². The van der Waals surface area contributed by atoms with Gasteiger partial charge in [-0.3, -0.25) is 0 Å². The lowest BCUT2D eigenvalue weighted by Gasteiger charge is -2.14. The lowest BCUT2D eigenvalue weighted by atomic mass is 9.94. The van der Waals surface area contributed by atoms with Gasteiger partial charge in [0.25, 0.3) is 0 Å². The zero-order valence-electron chi connectivity index (χ0n) is 8.14. The molecular formula is C11H19N. The molecule has 1 unspecified atom stereocenters. The van der Waals surface area contributed by atoms with Crippen LogP contribution in [0, 0.1) is 5.92 Å². The van der Waals surface area contributed by atoms with Crippen LogP contribution in [0.2, 0.25) is 0 Å². The fourth-order valence-electron chi connectivity index (χ4n) is 1.54. The second-order valence-electron chi connectivity index (χ2n) is 3.71. The molecule has 0 bridgehead atoms. The Morgan fingerprint density at radius 3 is 2.92 bits per heavy atom.